The molecule has 1 amide bonds. The summed E-state index contributed by atoms with van der Waals surface area (Å²) in [5.74, 6) is -0.0990. The first-order valence-electron chi connectivity index (χ1n) is 10.4. The summed E-state index contributed by atoms with van der Waals surface area (Å²) >= 11 is 1.61. The van der Waals surface area contributed by atoms with E-state index in [4.69, 9.17) is 0 Å². The first kappa shape index (κ1) is 22.1. The van der Waals surface area contributed by atoms with Gasteiger partial charge in [-0.25, -0.2) is 0 Å². The molecular formula is C28H25NOPS+. The molecule has 0 heterocycles. The molecule has 0 unspecified atom stereocenters. The zero-order valence-electron chi connectivity index (χ0n) is 17.9. The molecule has 0 aromatic heterocycles. The Labute approximate surface area is 194 Å². The topological polar surface area (TPSA) is 29.1 Å². The van der Waals surface area contributed by atoms with Crippen LogP contribution in [0.25, 0.3) is 0 Å². The number of benzene rings is 4. The fourth-order valence-electron chi connectivity index (χ4n) is 3.90. The number of thioether (sulfide) groups is 1. The zero-order valence-corrected chi connectivity index (χ0v) is 19.6. The number of hydrogen-bond acceptors (Lipinski definition) is 2. The first-order chi connectivity index (χ1) is 15.8. The Morgan fingerprint density at radius 3 is 1.41 bits per heavy atom. The molecule has 1 N–H and O–H groups in total. The number of amides is 1. The molecule has 0 aliphatic carbocycles. The van der Waals surface area contributed by atoms with Gasteiger partial charge in [0.2, 0.25) is 0 Å². The van der Waals surface area contributed by atoms with E-state index in [9.17, 15) is 4.79 Å². The maximum absolute atomic E-state index is 13.3. The second-order valence-electron chi connectivity index (χ2n) is 7.24. The second kappa shape index (κ2) is 10.5. The van der Waals surface area contributed by atoms with Crippen LogP contribution in [-0.2, 0) is 0 Å². The van der Waals surface area contributed by atoms with Crippen LogP contribution in [0.2, 0.25) is 0 Å². The third-order valence-electron chi connectivity index (χ3n) is 5.30. The van der Waals surface area contributed by atoms with Crippen molar-refractivity contribution in [1.29, 1.82) is 0 Å². The lowest BCUT2D eigenvalue weighted by Gasteiger charge is -2.29. The minimum atomic E-state index is -2.35. The maximum Gasteiger partial charge on any atom is 0.258 e. The minimum Gasteiger partial charge on any atom is -0.292 e. The summed E-state index contributed by atoms with van der Waals surface area (Å²) in [7, 11) is -2.35. The van der Waals surface area contributed by atoms with Gasteiger partial charge in [-0.05, 0) is 54.8 Å². The molecule has 0 bridgehead atoms. The van der Waals surface area contributed by atoms with E-state index in [0.717, 1.165) is 5.44 Å². The average Bonchev–Trinajstić information content (AvgIpc) is 2.87. The molecule has 0 saturated heterocycles. The van der Waals surface area contributed by atoms with Crippen molar-refractivity contribution in [3.63, 3.8) is 0 Å². The number of carbonyl (C=O) groups excluding carboxylic acids is 1. The van der Waals surface area contributed by atoms with Crippen LogP contribution >= 0.6 is 19.0 Å². The molecule has 0 aliphatic rings. The van der Waals surface area contributed by atoms with Crippen molar-refractivity contribution in [1.82, 2.24) is 5.32 Å². The van der Waals surface area contributed by atoms with E-state index in [1.54, 1.807) is 11.8 Å². The van der Waals surface area contributed by atoms with Gasteiger partial charge in [-0.15, -0.1) is 11.8 Å². The van der Waals surface area contributed by atoms with Gasteiger partial charge in [-0.3, -0.25) is 10.1 Å². The van der Waals surface area contributed by atoms with Gasteiger partial charge in [0, 0.05) is 11.0 Å². The quantitative estimate of drug-likeness (QED) is 0.370. The summed E-state index contributed by atoms with van der Waals surface area (Å²) in [6.07, 6.45) is 2.03. The van der Waals surface area contributed by atoms with Gasteiger partial charge >= 0.3 is 0 Å². The first-order valence-corrected chi connectivity index (χ1v) is 13.5. The Kier molecular flexibility index (Phi) is 7.21. The number of carbonyl (C=O) groups is 1. The Morgan fingerprint density at radius 2 is 1.03 bits per heavy atom. The molecule has 0 fully saturated rings. The number of hydrogen-bond donors (Lipinski definition) is 1. The molecule has 4 heteroatoms. The van der Waals surface area contributed by atoms with E-state index >= 15 is 0 Å². The SMILES string of the molecule is CSC=C(NC(=O)c1ccccc1)[P+](c1ccccc1)(c1ccccc1)c1ccccc1. The van der Waals surface area contributed by atoms with Crippen LogP contribution in [0, 0.1) is 0 Å². The third kappa shape index (κ3) is 4.41. The molecule has 0 spiro atoms. The Balaban J connectivity index is 1.99. The number of rotatable bonds is 7. The Hall–Kier alpha value is -3.13. The summed E-state index contributed by atoms with van der Waals surface area (Å²) in [5, 5.41) is 9.02. The highest BCUT2D eigenvalue weighted by molar-refractivity contribution is 8.03. The van der Waals surface area contributed by atoms with E-state index in [2.05, 4.69) is 83.5 Å². The van der Waals surface area contributed by atoms with Crippen LogP contribution in [0.5, 0.6) is 0 Å². The van der Waals surface area contributed by atoms with Crippen molar-refractivity contribution >= 4 is 40.8 Å². The highest BCUT2D eigenvalue weighted by atomic mass is 32.2. The van der Waals surface area contributed by atoms with Crippen LogP contribution in [0.1, 0.15) is 10.4 Å². The van der Waals surface area contributed by atoms with Gasteiger partial charge < -0.3 is 0 Å². The van der Waals surface area contributed by atoms with E-state index < -0.39 is 7.26 Å². The van der Waals surface area contributed by atoms with Gasteiger partial charge in [0.05, 0.1) is 0 Å². The largest absolute Gasteiger partial charge is 0.292 e. The highest BCUT2D eigenvalue weighted by Crippen LogP contribution is 2.61. The van der Waals surface area contributed by atoms with Crippen LogP contribution in [0.4, 0.5) is 0 Å². The lowest BCUT2D eigenvalue weighted by molar-refractivity contribution is 0.0968. The predicted octanol–water partition coefficient (Wildman–Crippen LogP) is 5.57. The van der Waals surface area contributed by atoms with Crippen molar-refractivity contribution < 1.29 is 4.79 Å². The van der Waals surface area contributed by atoms with Crippen molar-refractivity contribution in [2.75, 3.05) is 6.26 Å². The number of nitrogens with one attached hydrogen (secondary N) is 1. The van der Waals surface area contributed by atoms with Gasteiger partial charge in [0.15, 0.2) is 12.7 Å². The molecule has 4 rings (SSSR count). The van der Waals surface area contributed by atoms with Gasteiger partial charge in [-0.1, -0.05) is 72.8 Å². The van der Waals surface area contributed by atoms with Crippen LogP contribution < -0.4 is 21.2 Å². The zero-order chi connectivity index (χ0) is 22.2. The summed E-state index contributed by atoms with van der Waals surface area (Å²) in [5.41, 5.74) is 1.58. The van der Waals surface area contributed by atoms with E-state index in [-0.39, 0.29) is 5.91 Å². The second-order valence-corrected chi connectivity index (χ2v) is 11.3. The molecule has 2 nitrogen and oxygen atoms in total. The van der Waals surface area contributed by atoms with Crippen LogP contribution in [-0.4, -0.2) is 12.2 Å². The standard InChI is InChI=1S/C28H24NOPS/c1-32-22-27(29-28(30)23-14-6-2-7-15-23)31(24-16-8-3-9-17-24,25-18-10-4-11-19-25)26-20-12-5-13-21-26/h2-22H,1H3/p+1. The summed E-state index contributed by atoms with van der Waals surface area (Å²) < 4.78 is 0. The van der Waals surface area contributed by atoms with E-state index in [1.165, 1.54) is 15.9 Å². The van der Waals surface area contributed by atoms with Gasteiger partial charge in [0.1, 0.15) is 15.9 Å². The molecule has 0 saturated carbocycles. The van der Waals surface area contributed by atoms with Crippen molar-refractivity contribution in [3.8, 4) is 0 Å². The van der Waals surface area contributed by atoms with Crippen molar-refractivity contribution in [2.24, 2.45) is 0 Å². The monoisotopic (exact) mass is 454 g/mol. The van der Waals surface area contributed by atoms with Crippen LogP contribution in [0.3, 0.4) is 0 Å². The highest BCUT2D eigenvalue weighted by Gasteiger charge is 2.50. The smallest absolute Gasteiger partial charge is 0.258 e. The van der Waals surface area contributed by atoms with Crippen molar-refractivity contribution in [3.05, 3.63) is 138 Å². The molecule has 158 valence electrons. The summed E-state index contributed by atoms with van der Waals surface area (Å²) in [4.78, 5) is 13.3. The molecule has 0 atom stereocenters. The fraction of sp³-hybridized carbons (Fsp3) is 0.0357. The van der Waals surface area contributed by atoms with Crippen LogP contribution in [0.15, 0.2) is 132 Å². The van der Waals surface area contributed by atoms with E-state index in [0.29, 0.717) is 5.56 Å². The molecule has 0 aliphatic heterocycles. The third-order valence-corrected chi connectivity index (χ3v) is 10.1. The fourth-order valence-corrected chi connectivity index (χ4v) is 8.99. The summed E-state index contributed by atoms with van der Waals surface area (Å²) in [6.45, 7) is 0. The minimum absolute atomic E-state index is 0.0990. The van der Waals surface area contributed by atoms with Gasteiger partial charge in [0.25, 0.3) is 5.91 Å². The van der Waals surface area contributed by atoms with E-state index in [1.807, 2.05) is 54.8 Å². The molecule has 4 aromatic carbocycles. The molecule has 32 heavy (non-hydrogen) atoms. The maximum atomic E-state index is 13.3. The Bertz CT molecular complexity index is 1080. The molecule has 0 radical (unpaired) electrons. The Morgan fingerprint density at radius 1 is 0.656 bits per heavy atom. The van der Waals surface area contributed by atoms with Crippen molar-refractivity contribution in [2.45, 2.75) is 0 Å². The normalized spacial score (nSPS) is 11.7. The molecule has 4 aromatic rings. The lowest BCUT2D eigenvalue weighted by Crippen LogP contribution is -2.38. The summed E-state index contributed by atoms with van der Waals surface area (Å²) in [6, 6.07) is 41.0. The average molecular weight is 455 g/mol. The van der Waals surface area contributed by atoms with Gasteiger partial charge in [-0.2, -0.15) is 0 Å². The lowest BCUT2D eigenvalue weighted by atomic mass is 10.2. The predicted molar refractivity (Wildman–Crippen MR) is 141 cm³/mol. The molecular weight excluding hydrogens is 429 g/mol.